The summed E-state index contributed by atoms with van der Waals surface area (Å²) in [6, 6.07) is 17.9. The van der Waals surface area contributed by atoms with Crippen molar-refractivity contribution < 1.29 is 14.3 Å². The predicted octanol–water partition coefficient (Wildman–Crippen LogP) is 4.45. The Labute approximate surface area is 200 Å². The number of carbonyl (C=O) groups excluding carboxylic acids is 2. The molecule has 1 aliphatic rings. The smallest absolute Gasteiger partial charge is 0.246 e. The molecule has 1 unspecified atom stereocenters. The number of nitrogens with one attached hydrogen (secondary N) is 1. The van der Waals surface area contributed by atoms with Crippen LogP contribution in [0.4, 0.5) is 5.95 Å². The Morgan fingerprint density at radius 1 is 1.15 bits per heavy atom. The standard InChI is InChI=1S/C27H32N4O3/c1-19(2)26(33)30(16-23-10-7-15-34-23)18-25(32)29-27-28-24(21-8-5-4-6-9-21)17-31(27)22-13-11-20(3)12-14-22/h4-6,8-9,11-14,17,19,23H,7,10,15-16,18H2,1-3H3,(H,28,29,32). The lowest BCUT2D eigenvalue weighted by Crippen LogP contribution is -2.44. The highest BCUT2D eigenvalue weighted by molar-refractivity contribution is 5.94. The van der Waals surface area contributed by atoms with Crippen molar-refractivity contribution >= 4 is 17.8 Å². The van der Waals surface area contributed by atoms with E-state index < -0.39 is 0 Å². The van der Waals surface area contributed by atoms with Crippen LogP contribution in [-0.4, -0.2) is 52.1 Å². The van der Waals surface area contributed by atoms with Gasteiger partial charge < -0.3 is 9.64 Å². The maximum absolute atomic E-state index is 13.1. The third-order valence-electron chi connectivity index (χ3n) is 5.93. The molecule has 1 atom stereocenters. The summed E-state index contributed by atoms with van der Waals surface area (Å²) >= 11 is 0. The topological polar surface area (TPSA) is 76.5 Å². The molecule has 2 aromatic carbocycles. The zero-order chi connectivity index (χ0) is 24.1. The Bertz CT molecular complexity index is 1120. The molecule has 1 aromatic heterocycles. The highest BCUT2D eigenvalue weighted by Gasteiger charge is 2.26. The number of anilines is 1. The molecule has 7 nitrogen and oxygen atoms in total. The first kappa shape index (κ1) is 23.7. The van der Waals surface area contributed by atoms with Gasteiger partial charge in [0.2, 0.25) is 17.8 Å². The van der Waals surface area contributed by atoms with Crippen molar-refractivity contribution in [2.24, 2.45) is 5.92 Å². The second kappa shape index (κ2) is 10.7. The Kier molecular flexibility index (Phi) is 7.43. The lowest BCUT2D eigenvalue weighted by molar-refractivity contribution is -0.139. The van der Waals surface area contributed by atoms with E-state index in [1.165, 1.54) is 0 Å². The van der Waals surface area contributed by atoms with E-state index >= 15 is 0 Å². The normalized spacial score (nSPS) is 15.5. The molecule has 1 fully saturated rings. The number of aromatic nitrogens is 2. The number of hydrogen-bond donors (Lipinski definition) is 1. The summed E-state index contributed by atoms with van der Waals surface area (Å²) in [5.41, 5.74) is 3.75. The number of amides is 2. The summed E-state index contributed by atoms with van der Waals surface area (Å²) in [4.78, 5) is 32.2. The van der Waals surface area contributed by atoms with Crippen molar-refractivity contribution in [2.75, 3.05) is 25.0 Å². The van der Waals surface area contributed by atoms with Crippen LogP contribution in [0.5, 0.6) is 0 Å². The van der Waals surface area contributed by atoms with E-state index in [4.69, 9.17) is 9.72 Å². The van der Waals surface area contributed by atoms with E-state index in [0.29, 0.717) is 19.1 Å². The SMILES string of the molecule is Cc1ccc(-n2cc(-c3ccccc3)nc2NC(=O)CN(CC2CCCO2)C(=O)C(C)C)cc1. The van der Waals surface area contributed by atoms with E-state index in [1.54, 1.807) is 4.90 Å². The van der Waals surface area contributed by atoms with Gasteiger partial charge in [-0.2, -0.15) is 0 Å². The number of rotatable bonds is 8. The van der Waals surface area contributed by atoms with Gasteiger partial charge in [-0.25, -0.2) is 4.98 Å². The van der Waals surface area contributed by atoms with Gasteiger partial charge in [0.05, 0.1) is 11.8 Å². The number of imidazole rings is 1. The van der Waals surface area contributed by atoms with Crippen LogP contribution in [0.25, 0.3) is 16.9 Å². The number of hydrogen-bond acceptors (Lipinski definition) is 4. The third kappa shape index (κ3) is 5.72. The maximum atomic E-state index is 13.1. The fraction of sp³-hybridized carbons (Fsp3) is 0.370. The second-order valence-corrected chi connectivity index (χ2v) is 9.08. The molecule has 7 heteroatoms. The van der Waals surface area contributed by atoms with E-state index in [1.807, 2.05) is 86.1 Å². The molecule has 1 saturated heterocycles. The van der Waals surface area contributed by atoms with Crippen LogP contribution in [0, 0.1) is 12.8 Å². The first-order chi connectivity index (χ1) is 16.4. The Balaban J connectivity index is 1.58. The summed E-state index contributed by atoms with van der Waals surface area (Å²) in [6.07, 6.45) is 3.78. The summed E-state index contributed by atoms with van der Waals surface area (Å²) in [5, 5.41) is 2.94. The van der Waals surface area contributed by atoms with Crippen LogP contribution in [0.2, 0.25) is 0 Å². The molecule has 0 radical (unpaired) electrons. The van der Waals surface area contributed by atoms with Crippen LogP contribution in [0.15, 0.2) is 60.8 Å². The summed E-state index contributed by atoms with van der Waals surface area (Å²) in [5.74, 6) is -0.127. The van der Waals surface area contributed by atoms with Crippen molar-refractivity contribution in [2.45, 2.75) is 39.7 Å². The molecule has 2 heterocycles. The van der Waals surface area contributed by atoms with Gasteiger partial charge in [0.15, 0.2) is 0 Å². The minimum absolute atomic E-state index is 0.0188. The Hall–Kier alpha value is -3.45. The average Bonchev–Trinajstić information content (AvgIpc) is 3.49. The summed E-state index contributed by atoms with van der Waals surface area (Å²) < 4.78 is 7.58. The predicted molar refractivity (Wildman–Crippen MR) is 133 cm³/mol. The largest absolute Gasteiger partial charge is 0.376 e. The van der Waals surface area contributed by atoms with Crippen molar-refractivity contribution in [3.05, 3.63) is 66.4 Å². The van der Waals surface area contributed by atoms with Gasteiger partial charge in [0, 0.05) is 36.5 Å². The fourth-order valence-electron chi connectivity index (χ4n) is 4.09. The second-order valence-electron chi connectivity index (χ2n) is 9.08. The molecule has 1 aliphatic heterocycles. The number of carbonyl (C=O) groups is 2. The first-order valence-electron chi connectivity index (χ1n) is 11.8. The van der Waals surface area contributed by atoms with Gasteiger partial charge in [0.1, 0.15) is 6.54 Å². The van der Waals surface area contributed by atoms with Crippen molar-refractivity contribution in [3.8, 4) is 16.9 Å². The summed E-state index contributed by atoms with van der Waals surface area (Å²) in [6.45, 7) is 6.81. The number of aryl methyl sites for hydroxylation is 1. The number of ether oxygens (including phenoxy) is 1. The molecule has 1 N–H and O–H groups in total. The van der Waals surface area contributed by atoms with Crippen molar-refractivity contribution in [3.63, 3.8) is 0 Å². The average molecular weight is 461 g/mol. The van der Waals surface area contributed by atoms with Crippen LogP contribution >= 0.6 is 0 Å². The molecular formula is C27H32N4O3. The number of benzene rings is 2. The fourth-order valence-corrected chi connectivity index (χ4v) is 4.09. The van der Waals surface area contributed by atoms with E-state index in [2.05, 4.69) is 5.32 Å². The van der Waals surface area contributed by atoms with Gasteiger partial charge in [-0.1, -0.05) is 61.9 Å². The van der Waals surface area contributed by atoms with Gasteiger partial charge in [-0.3, -0.25) is 19.5 Å². The molecule has 4 rings (SSSR count). The van der Waals surface area contributed by atoms with Gasteiger partial charge >= 0.3 is 0 Å². The minimum Gasteiger partial charge on any atom is -0.376 e. The lowest BCUT2D eigenvalue weighted by atomic mass is 10.1. The minimum atomic E-state index is -0.287. The maximum Gasteiger partial charge on any atom is 0.246 e. The molecule has 2 amide bonds. The van der Waals surface area contributed by atoms with E-state index in [-0.39, 0.29) is 30.4 Å². The van der Waals surface area contributed by atoms with E-state index in [9.17, 15) is 9.59 Å². The van der Waals surface area contributed by atoms with Crippen LogP contribution < -0.4 is 5.32 Å². The summed E-state index contributed by atoms with van der Waals surface area (Å²) in [7, 11) is 0. The van der Waals surface area contributed by atoms with Crippen LogP contribution in [0.3, 0.4) is 0 Å². The molecule has 178 valence electrons. The zero-order valence-corrected chi connectivity index (χ0v) is 20.0. The molecule has 3 aromatic rings. The monoisotopic (exact) mass is 460 g/mol. The molecular weight excluding hydrogens is 428 g/mol. The third-order valence-corrected chi connectivity index (χ3v) is 5.93. The molecule has 0 aliphatic carbocycles. The quantitative estimate of drug-likeness (QED) is 0.539. The zero-order valence-electron chi connectivity index (χ0n) is 20.0. The first-order valence-corrected chi connectivity index (χ1v) is 11.8. The van der Waals surface area contributed by atoms with Crippen LogP contribution in [-0.2, 0) is 14.3 Å². The highest BCUT2D eigenvalue weighted by Crippen LogP contribution is 2.24. The molecule has 34 heavy (non-hydrogen) atoms. The number of nitrogens with zero attached hydrogens (tertiary/aromatic N) is 3. The van der Waals surface area contributed by atoms with Crippen LogP contribution in [0.1, 0.15) is 32.3 Å². The molecule has 0 spiro atoms. The van der Waals surface area contributed by atoms with Gasteiger partial charge in [0.25, 0.3) is 0 Å². The van der Waals surface area contributed by atoms with Gasteiger partial charge in [-0.05, 0) is 31.9 Å². The highest BCUT2D eigenvalue weighted by atomic mass is 16.5. The van der Waals surface area contributed by atoms with Crippen molar-refractivity contribution in [1.29, 1.82) is 0 Å². The Morgan fingerprint density at radius 2 is 1.88 bits per heavy atom. The van der Waals surface area contributed by atoms with E-state index in [0.717, 1.165) is 35.3 Å². The Morgan fingerprint density at radius 3 is 2.53 bits per heavy atom. The van der Waals surface area contributed by atoms with Gasteiger partial charge in [-0.15, -0.1) is 0 Å². The molecule has 0 saturated carbocycles. The lowest BCUT2D eigenvalue weighted by Gasteiger charge is -2.26. The molecule has 0 bridgehead atoms. The van der Waals surface area contributed by atoms with Crippen molar-refractivity contribution in [1.82, 2.24) is 14.5 Å².